The van der Waals surface area contributed by atoms with E-state index in [4.69, 9.17) is 16.3 Å². The normalized spacial score (nSPS) is 12.0. The first-order chi connectivity index (χ1) is 13.5. The Morgan fingerprint density at radius 3 is 2.21 bits per heavy atom. The number of rotatable bonds is 6. The number of nitrogens with zero attached hydrogens (tertiary/aromatic N) is 2. The van der Waals surface area contributed by atoms with E-state index >= 15 is 0 Å². The summed E-state index contributed by atoms with van der Waals surface area (Å²) < 4.78 is 6.50. The van der Waals surface area contributed by atoms with E-state index in [-0.39, 0.29) is 17.7 Å². The third-order valence-electron chi connectivity index (χ3n) is 5.25. The number of Topliss-reactive ketones (excluding diaryl/α,β-unsaturated/α-hetero) is 1. The molecule has 0 spiro atoms. The summed E-state index contributed by atoms with van der Waals surface area (Å²) in [7, 11) is 3.02. The molecule has 0 saturated carbocycles. The molecule has 1 amide bonds. The molecular weight excluding hydrogens is 392 g/mol. The first kappa shape index (κ1) is 22.7. The average molecular weight is 419 g/mol. The first-order valence-electron chi connectivity index (χ1n) is 9.40. The molecule has 7 heteroatoms. The summed E-state index contributed by atoms with van der Waals surface area (Å²) in [5, 5.41) is 0.336. The molecule has 0 saturated heterocycles. The molecule has 0 radical (unpaired) electrons. The van der Waals surface area contributed by atoms with Gasteiger partial charge in [-0.3, -0.25) is 9.59 Å². The Kier molecular flexibility index (Phi) is 6.90. The largest absolute Gasteiger partial charge is 0.464 e. The van der Waals surface area contributed by atoms with Gasteiger partial charge >= 0.3 is 5.97 Å². The van der Waals surface area contributed by atoms with Crippen LogP contribution in [-0.4, -0.2) is 46.3 Å². The maximum absolute atomic E-state index is 13.4. The number of methoxy groups -OCH3 is 1. The van der Waals surface area contributed by atoms with E-state index in [1.807, 2.05) is 13.8 Å². The van der Waals surface area contributed by atoms with Gasteiger partial charge in [0.25, 0.3) is 5.91 Å². The summed E-state index contributed by atoms with van der Waals surface area (Å²) in [4.78, 5) is 40.3. The van der Waals surface area contributed by atoms with E-state index < -0.39 is 12.0 Å². The van der Waals surface area contributed by atoms with E-state index in [1.54, 1.807) is 56.7 Å². The van der Waals surface area contributed by atoms with Crippen LogP contribution in [0, 0.1) is 13.8 Å². The number of ether oxygens (including phenoxy) is 1. The molecule has 0 bridgehead atoms. The van der Waals surface area contributed by atoms with Crippen molar-refractivity contribution in [1.82, 2.24) is 9.47 Å². The van der Waals surface area contributed by atoms with Crippen molar-refractivity contribution in [1.29, 1.82) is 0 Å². The number of hydrogen-bond acceptors (Lipinski definition) is 4. The van der Waals surface area contributed by atoms with Crippen LogP contribution in [0.5, 0.6) is 0 Å². The molecule has 0 fully saturated rings. The second kappa shape index (κ2) is 8.82. The minimum atomic E-state index is -0.746. The zero-order chi connectivity index (χ0) is 22.0. The van der Waals surface area contributed by atoms with Crippen molar-refractivity contribution in [2.75, 3.05) is 7.11 Å². The van der Waals surface area contributed by atoms with Gasteiger partial charge in [-0.25, -0.2) is 4.79 Å². The third-order valence-corrected chi connectivity index (χ3v) is 5.58. The van der Waals surface area contributed by atoms with Crippen LogP contribution in [0.15, 0.2) is 24.3 Å². The Labute approximate surface area is 176 Å². The monoisotopic (exact) mass is 418 g/mol. The van der Waals surface area contributed by atoms with Gasteiger partial charge in [0.15, 0.2) is 5.78 Å². The highest BCUT2D eigenvalue weighted by atomic mass is 35.5. The van der Waals surface area contributed by atoms with Crippen molar-refractivity contribution in [3.8, 4) is 0 Å². The lowest BCUT2D eigenvalue weighted by molar-refractivity contribution is 0.0565. The Balaban J connectivity index is 2.50. The number of ketones is 1. The minimum absolute atomic E-state index is 0.234. The van der Waals surface area contributed by atoms with Crippen molar-refractivity contribution >= 4 is 29.3 Å². The van der Waals surface area contributed by atoms with Gasteiger partial charge in [-0.2, -0.15) is 0 Å². The van der Waals surface area contributed by atoms with Crippen LogP contribution in [0.2, 0.25) is 5.02 Å². The van der Waals surface area contributed by atoms with Gasteiger partial charge in [0.05, 0.1) is 23.7 Å². The van der Waals surface area contributed by atoms with Crippen molar-refractivity contribution in [2.24, 2.45) is 7.05 Å². The van der Waals surface area contributed by atoms with Gasteiger partial charge in [0, 0.05) is 24.3 Å². The number of esters is 1. The van der Waals surface area contributed by atoms with Gasteiger partial charge in [-0.05, 0) is 52.3 Å². The molecule has 0 aliphatic heterocycles. The molecule has 1 aromatic heterocycles. The summed E-state index contributed by atoms with van der Waals surface area (Å²) in [5.41, 5.74) is 2.29. The van der Waals surface area contributed by atoms with Gasteiger partial charge in [0.2, 0.25) is 0 Å². The molecule has 1 heterocycles. The number of aromatic nitrogens is 1. The zero-order valence-corrected chi connectivity index (χ0v) is 18.6. The first-order valence-corrected chi connectivity index (χ1v) is 9.77. The fraction of sp³-hybridized carbons (Fsp3) is 0.409. The summed E-state index contributed by atoms with van der Waals surface area (Å²) >= 11 is 6.21. The van der Waals surface area contributed by atoms with E-state index in [1.165, 1.54) is 12.0 Å². The molecule has 0 aliphatic rings. The van der Waals surface area contributed by atoms with Crippen molar-refractivity contribution in [3.63, 3.8) is 0 Å². The maximum atomic E-state index is 13.4. The highest BCUT2D eigenvalue weighted by Gasteiger charge is 2.34. The van der Waals surface area contributed by atoms with Crippen LogP contribution in [0.4, 0.5) is 0 Å². The van der Waals surface area contributed by atoms with Gasteiger partial charge in [0.1, 0.15) is 5.69 Å². The highest BCUT2D eigenvalue weighted by Crippen LogP contribution is 2.26. The minimum Gasteiger partial charge on any atom is -0.464 e. The lowest BCUT2D eigenvalue weighted by atomic mass is 9.98. The quantitative estimate of drug-likeness (QED) is 0.520. The smallest absolute Gasteiger partial charge is 0.354 e. The fourth-order valence-electron chi connectivity index (χ4n) is 3.69. The number of carbonyl (C=O) groups is 3. The molecule has 156 valence electrons. The second-order valence-corrected chi connectivity index (χ2v) is 7.72. The number of halogens is 1. The zero-order valence-electron chi connectivity index (χ0n) is 17.9. The molecule has 6 nitrogen and oxygen atoms in total. The van der Waals surface area contributed by atoms with Crippen LogP contribution in [0.1, 0.15) is 63.2 Å². The molecule has 0 N–H and O–H groups in total. The number of benzene rings is 1. The van der Waals surface area contributed by atoms with E-state index in [0.717, 1.165) is 0 Å². The lowest BCUT2D eigenvalue weighted by Crippen LogP contribution is -2.47. The Hall–Kier alpha value is -2.60. The summed E-state index contributed by atoms with van der Waals surface area (Å²) in [6, 6.07) is 5.79. The summed E-state index contributed by atoms with van der Waals surface area (Å²) in [6.45, 7) is 8.89. The van der Waals surface area contributed by atoms with Gasteiger partial charge in [-0.15, -0.1) is 0 Å². The highest BCUT2D eigenvalue weighted by molar-refractivity contribution is 6.33. The number of amides is 1. The Morgan fingerprint density at radius 2 is 1.69 bits per heavy atom. The maximum Gasteiger partial charge on any atom is 0.354 e. The van der Waals surface area contributed by atoms with Crippen LogP contribution in [0.3, 0.4) is 0 Å². The summed E-state index contributed by atoms with van der Waals surface area (Å²) in [6.07, 6.45) is 0. The van der Waals surface area contributed by atoms with Crippen LogP contribution >= 0.6 is 11.6 Å². The standard InChI is InChI=1S/C22H27ClN2O4/c1-12(2)25(21(27)16-10-8-9-11-17(16)23)15(5)20(26)18-13(3)19(22(28)29-7)24(6)14(18)4/h8-12,15H,1-7H3/t15-/m0/s1. The molecule has 29 heavy (non-hydrogen) atoms. The van der Waals surface area contributed by atoms with Crippen molar-refractivity contribution < 1.29 is 19.1 Å². The number of carbonyl (C=O) groups excluding carboxylic acids is 3. The Bertz CT molecular complexity index is 962. The van der Waals surface area contributed by atoms with E-state index in [9.17, 15) is 14.4 Å². The van der Waals surface area contributed by atoms with Gasteiger partial charge in [-0.1, -0.05) is 23.7 Å². The summed E-state index contributed by atoms with van der Waals surface area (Å²) in [5.74, 6) is -1.06. The molecule has 2 aromatic rings. The molecule has 0 aliphatic carbocycles. The van der Waals surface area contributed by atoms with Gasteiger partial charge < -0.3 is 14.2 Å². The van der Waals surface area contributed by atoms with E-state index in [2.05, 4.69) is 0 Å². The van der Waals surface area contributed by atoms with Crippen LogP contribution < -0.4 is 0 Å². The lowest BCUT2D eigenvalue weighted by Gasteiger charge is -2.32. The average Bonchev–Trinajstić information content (AvgIpc) is 2.89. The molecular formula is C22H27ClN2O4. The second-order valence-electron chi connectivity index (χ2n) is 7.31. The Morgan fingerprint density at radius 1 is 1.10 bits per heavy atom. The molecule has 1 aromatic carbocycles. The molecule has 0 unspecified atom stereocenters. The fourth-order valence-corrected chi connectivity index (χ4v) is 3.91. The van der Waals surface area contributed by atoms with Crippen molar-refractivity contribution in [3.05, 3.63) is 57.4 Å². The van der Waals surface area contributed by atoms with Crippen molar-refractivity contribution in [2.45, 2.75) is 46.7 Å². The third kappa shape index (κ3) is 4.08. The van der Waals surface area contributed by atoms with E-state index in [0.29, 0.717) is 33.1 Å². The SMILES string of the molecule is COC(=O)c1c(C)c(C(=O)[C@H](C)N(C(=O)c2ccccc2Cl)C(C)C)c(C)n1C. The predicted octanol–water partition coefficient (Wildman–Crippen LogP) is 4.20. The predicted molar refractivity (Wildman–Crippen MR) is 113 cm³/mol. The molecule has 2 rings (SSSR count). The van der Waals surface area contributed by atoms with Crippen LogP contribution in [-0.2, 0) is 11.8 Å². The molecule has 1 atom stereocenters. The van der Waals surface area contributed by atoms with Crippen LogP contribution in [0.25, 0.3) is 0 Å². The number of hydrogen-bond donors (Lipinski definition) is 0. The topological polar surface area (TPSA) is 68.6 Å².